The molecule has 3 aromatic rings. The summed E-state index contributed by atoms with van der Waals surface area (Å²) in [5, 5.41) is 0.0934. The second-order valence-corrected chi connectivity index (χ2v) is 15.4. The Morgan fingerprint density at radius 3 is 2.36 bits per heavy atom. The van der Waals surface area contributed by atoms with Gasteiger partial charge in [0.15, 0.2) is 5.65 Å². The molecule has 25 heteroatoms. The Morgan fingerprint density at radius 1 is 1.08 bits per heavy atom. The number of phosphoric acid groups is 3. The predicted octanol–water partition coefficient (Wildman–Crippen LogP) is 1.55. The van der Waals surface area contributed by atoms with Crippen LogP contribution in [0.3, 0.4) is 0 Å². The topological polar surface area (TPSA) is 309 Å². The highest BCUT2D eigenvalue weighted by Gasteiger charge is 2.44. The van der Waals surface area contributed by atoms with E-state index in [2.05, 4.69) is 30.4 Å². The first kappa shape index (κ1) is 39.8. The third-order valence-electron chi connectivity index (χ3n) is 6.76. The molecule has 1 aromatic carbocycles. The summed E-state index contributed by atoms with van der Waals surface area (Å²) in [4.78, 5) is 56.6. The van der Waals surface area contributed by atoms with Crippen LogP contribution in [-0.4, -0.2) is 86.7 Å². The number of aromatic amines is 1. The number of hydrogen-bond acceptors (Lipinski definition) is 16. The van der Waals surface area contributed by atoms with Crippen molar-refractivity contribution in [2.45, 2.75) is 30.6 Å². The highest BCUT2D eigenvalue weighted by Crippen LogP contribution is 2.66. The van der Waals surface area contributed by atoms with Crippen molar-refractivity contribution in [3.8, 4) is 29.1 Å². The van der Waals surface area contributed by atoms with Crippen LogP contribution in [0, 0.1) is 11.8 Å². The van der Waals surface area contributed by atoms with Gasteiger partial charge in [-0.25, -0.2) is 13.7 Å². The quantitative estimate of drug-likeness (QED) is 0.0469. The van der Waals surface area contributed by atoms with Crippen LogP contribution in [0.1, 0.15) is 23.8 Å². The van der Waals surface area contributed by atoms with Crippen molar-refractivity contribution < 1.29 is 70.1 Å². The smallest absolute Gasteiger partial charge is 0.490 e. The molecule has 0 radical (unpaired) electrons. The molecule has 0 bridgehead atoms. The summed E-state index contributed by atoms with van der Waals surface area (Å²) in [6, 6.07) is 3.37. The maximum absolute atomic E-state index is 12.8. The number of phosphoric ester groups is 1. The number of H-pyrrole nitrogens is 1. The van der Waals surface area contributed by atoms with Crippen LogP contribution in [0.5, 0.6) is 17.2 Å². The molecule has 0 amide bonds. The molecule has 0 spiro atoms. The monoisotopic (exact) mass is 785 g/mol. The first-order valence-electron chi connectivity index (χ1n) is 14.0. The Kier molecular flexibility index (Phi) is 13.2. The number of methoxy groups -OCH3 is 3. The summed E-state index contributed by atoms with van der Waals surface area (Å²) in [7, 11) is -12.4. The largest absolute Gasteiger partial charge is 0.496 e. The third kappa shape index (κ3) is 10.3. The molecule has 5 atom stereocenters. The van der Waals surface area contributed by atoms with Gasteiger partial charge in [0.05, 0.1) is 57.5 Å². The van der Waals surface area contributed by atoms with Crippen molar-refractivity contribution >= 4 is 52.2 Å². The average Bonchev–Trinajstić information content (AvgIpc) is 3.59. The lowest BCUT2D eigenvalue weighted by Gasteiger charge is -2.21. The van der Waals surface area contributed by atoms with Gasteiger partial charge in [0.2, 0.25) is 5.95 Å². The summed E-state index contributed by atoms with van der Waals surface area (Å²) < 4.78 is 77.6. The fraction of sp³-hybridized carbons (Fsp3) is 0.440. The zero-order chi connectivity index (χ0) is 36.9. The van der Waals surface area contributed by atoms with E-state index in [-0.39, 0.29) is 41.4 Å². The summed E-state index contributed by atoms with van der Waals surface area (Å²) in [6.07, 6.45) is -1.49. The summed E-state index contributed by atoms with van der Waals surface area (Å²) in [6.45, 7) is -0.803. The van der Waals surface area contributed by atoms with Crippen LogP contribution in [0.15, 0.2) is 23.1 Å². The number of aromatic nitrogens is 3. The molecule has 1 aliphatic rings. The van der Waals surface area contributed by atoms with Crippen molar-refractivity contribution in [3.63, 3.8) is 0 Å². The number of fused-ring (bicyclic) bond motifs is 1. The van der Waals surface area contributed by atoms with Gasteiger partial charge in [-0.1, -0.05) is 11.8 Å². The van der Waals surface area contributed by atoms with Crippen molar-refractivity contribution in [2.75, 3.05) is 46.2 Å². The zero-order valence-corrected chi connectivity index (χ0v) is 30.0. The van der Waals surface area contributed by atoms with Gasteiger partial charge in [-0.05, 0) is 0 Å². The van der Waals surface area contributed by atoms with Crippen LogP contribution in [0.25, 0.3) is 11.0 Å². The van der Waals surface area contributed by atoms with Gasteiger partial charge in [-0.3, -0.25) is 14.3 Å². The van der Waals surface area contributed by atoms with Crippen LogP contribution in [0.4, 0.5) is 5.95 Å². The van der Waals surface area contributed by atoms with Crippen molar-refractivity contribution in [3.05, 3.63) is 39.8 Å². The van der Waals surface area contributed by atoms with Crippen LogP contribution >= 0.6 is 35.2 Å². The first-order chi connectivity index (χ1) is 23.5. The second-order valence-electron chi connectivity index (χ2n) is 10.0. The van der Waals surface area contributed by atoms with E-state index in [0.29, 0.717) is 28.6 Å². The molecule has 276 valence electrons. The fourth-order valence-electron chi connectivity index (χ4n) is 4.80. The van der Waals surface area contributed by atoms with E-state index < -0.39 is 54.1 Å². The highest BCUT2D eigenvalue weighted by molar-refractivity contribution is 7.98. The number of nitrogens with zero attached hydrogens (tertiary/aromatic N) is 2. The SMILES string of the molecule is COc1cc(OC)c(CSCO[C@H]2CC(n3cc(C#CCN)c4c(=O)[nH]c(N)nc43)O[C@@H]2COP(=O)(O)OP(=O)(O)OP(=O)(O)O)c(OC)c1. The van der Waals surface area contributed by atoms with Gasteiger partial charge >= 0.3 is 23.5 Å². The van der Waals surface area contributed by atoms with Gasteiger partial charge in [0.1, 0.15) is 29.6 Å². The number of anilines is 1. The lowest BCUT2D eigenvalue weighted by molar-refractivity contribution is -0.0521. The highest BCUT2D eigenvalue weighted by atomic mass is 32.2. The Hall–Kier alpha value is -2.96. The molecule has 0 saturated carbocycles. The van der Waals surface area contributed by atoms with E-state index in [1.165, 1.54) is 43.9 Å². The first-order valence-corrected chi connectivity index (χ1v) is 19.7. The number of nitrogens with one attached hydrogen (secondary N) is 1. The molecular weight excluding hydrogens is 751 g/mol. The molecule has 1 fully saturated rings. The molecule has 50 heavy (non-hydrogen) atoms. The second kappa shape index (κ2) is 16.6. The molecule has 9 N–H and O–H groups in total. The van der Waals surface area contributed by atoms with Gasteiger partial charge in [0, 0.05) is 36.1 Å². The van der Waals surface area contributed by atoms with Gasteiger partial charge in [-0.15, -0.1) is 11.8 Å². The van der Waals surface area contributed by atoms with Crippen molar-refractivity contribution in [2.24, 2.45) is 5.73 Å². The lowest BCUT2D eigenvalue weighted by Crippen LogP contribution is -2.29. The van der Waals surface area contributed by atoms with E-state index in [0.717, 1.165) is 0 Å². The zero-order valence-electron chi connectivity index (χ0n) is 26.5. The Morgan fingerprint density at radius 2 is 1.76 bits per heavy atom. The minimum Gasteiger partial charge on any atom is -0.496 e. The van der Waals surface area contributed by atoms with E-state index >= 15 is 0 Å². The number of ether oxygens (including phenoxy) is 5. The number of nitrogens with two attached hydrogens (primary N) is 2. The predicted molar refractivity (Wildman–Crippen MR) is 176 cm³/mol. The van der Waals surface area contributed by atoms with E-state index in [1.54, 1.807) is 12.1 Å². The molecule has 3 heterocycles. The summed E-state index contributed by atoms with van der Waals surface area (Å²) in [5.74, 6) is 7.15. The number of hydrogen-bond donors (Lipinski definition) is 7. The lowest BCUT2D eigenvalue weighted by atomic mass is 10.2. The molecule has 1 saturated heterocycles. The summed E-state index contributed by atoms with van der Waals surface area (Å²) in [5.41, 5.74) is 11.8. The Balaban J connectivity index is 1.57. The van der Waals surface area contributed by atoms with E-state index in [1.807, 2.05) is 0 Å². The number of nitrogen functional groups attached to an aromatic ring is 1. The normalized spacial score (nSPS) is 20.1. The van der Waals surface area contributed by atoms with Crippen LogP contribution in [-0.2, 0) is 42.1 Å². The molecule has 21 nitrogen and oxygen atoms in total. The Labute approximate surface area is 287 Å². The fourth-order valence-corrected chi connectivity index (χ4v) is 8.67. The minimum atomic E-state index is -5.77. The maximum atomic E-state index is 12.8. The molecule has 1 aliphatic heterocycles. The van der Waals surface area contributed by atoms with E-state index in [9.17, 15) is 28.3 Å². The van der Waals surface area contributed by atoms with Crippen molar-refractivity contribution in [1.82, 2.24) is 14.5 Å². The van der Waals surface area contributed by atoms with Gasteiger partial charge in [0.25, 0.3) is 5.56 Å². The van der Waals surface area contributed by atoms with Crippen LogP contribution in [0.2, 0.25) is 0 Å². The van der Waals surface area contributed by atoms with Gasteiger partial charge < -0.3 is 59.3 Å². The average molecular weight is 786 g/mol. The standard InChI is InChI=1S/C25H34N5O16P3S/c1-39-15-7-17(40-2)16(18(8-15)41-3)12-50-13-42-19-9-21(30-10-14(5-4-6-26)22-23(30)28-25(27)29-24(22)31)44-20(19)11-43-48(35,36)46-49(37,38)45-47(32,33)34/h7-8,10,19-21H,6,9,11-13,26H2,1-3H3,(H,35,36)(H,37,38)(H2,32,33,34)(H3,27,28,29,31)/t19-,20+,21?/m0/s1. The molecule has 0 aliphatic carbocycles. The van der Waals surface area contributed by atoms with Crippen LogP contribution < -0.4 is 31.2 Å². The van der Waals surface area contributed by atoms with Gasteiger partial charge in [-0.2, -0.15) is 13.6 Å². The number of thioether (sulfide) groups is 1. The third-order valence-corrected chi connectivity index (χ3v) is 11.4. The molecule has 2 aromatic heterocycles. The molecular formula is C25H34N5O16P3S. The maximum Gasteiger partial charge on any atom is 0.490 e. The molecule has 3 unspecified atom stereocenters. The summed E-state index contributed by atoms with van der Waals surface area (Å²) >= 11 is 1.30. The van der Waals surface area contributed by atoms with E-state index in [4.69, 9.17) is 49.5 Å². The van der Waals surface area contributed by atoms with Crippen molar-refractivity contribution in [1.29, 1.82) is 0 Å². The number of rotatable bonds is 16. The number of benzene rings is 1. The Bertz CT molecular complexity index is 1930. The minimum absolute atomic E-state index is 0.00255. The molecule has 4 rings (SSSR count).